The largest absolute Gasteiger partial charge is 0.426 e. The molecule has 3 rings (SSSR count). The van der Waals surface area contributed by atoms with Crippen molar-refractivity contribution < 1.29 is 9.21 Å². The molecule has 6 heteroatoms. The van der Waals surface area contributed by atoms with Crippen molar-refractivity contribution in [2.24, 2.45) is 11.1 Å². The van der Waals surface area contributed by atoms with Gasteiger partial charge in [-0.3, -0.25) is 4.79 Å². The fourth-order valence-electron chi connectivity index (χ4n) is 2.68. The van der Waals surface area contributed by atoms with E-state index in [-0.39, 0.29) is 17.4 Å². The zero-order valence-corrected chi connectivity index (χ0v) is 9.06. The number of carbonyl (C=O) groups is 1. The van der Waals surface area contributed by atoms with Crippen LogP contribution in [0.15, 0.2) is 4.42 Å². The van der Waals surface area contributed by atoms with Gasteiger partial charge in [0.15, 0.2) is 0 Å². The van der Waals surface area contributed by atoms with Crippen molar-refractivity contribution in [2.45, 2.75) is 38.3 Å². The minimum absolute atomic E-state index is 0.124. The molecule has 1 saturated carbocycles. The number of primary amides is 1. The monoisotopic (exact) mass is 222 g/mol. The lowest BCUT2D eigenvalue weighted by molar-refractivity contribution is -0.120. The number of aromatic nitrogens is 2. The number of hydrogen-bond donors (Lipinski definition) is 2. The maximum absolute atomic E-state index is 11.1. The predicted octanol–water partition coefficient (Wildman–Crippen LogP) is -0.474. The fraction of sp³-hybridized carbons (Fsp3) is 0.700. The minimum Gasteiger partial charge on any atom is -0.426 e. The molecule has 1 amide bonds. The molecule has 86 valence electrons. The van der Waals surface area contributed by atoms with Crippen LogP contribution < -0.4 is 11.1 Å². The zero-order valence-electron chi connectivity index (χ0n) is 9.06. The third-order valence-electron chi connectivity index (χ3n) is 3.62. The number of aryl methyl sites for hydroxylation is 1. The Labute approximate surface area is 92.6 Å². The average molecular weight is 222 g/mol. The number of fused-ring (bicyclic) bond motifs is 1. The number of hydrogen-bond acceptors (Lipinski definition) is 5. The van der Waals surface area contributed by atoms with E-state index < -0.39 is 0 Å². The van der Waals surface area contributed by atoms with Crippen molar-refractivity contribution in [3.05, 3.63) is 11.8 Å². The molecule has 3 N–H and O–H groups in total. The lowest BCUT2D eigenvalue weighted by Crippen LogP contribution is -2.38. The highest BCUT2D eigenvalue weighted by Crippen LogP contribution is 2.56. The molecule has 3 atom stereocenters. The first kappa shape index (κ1) is 9.77. The van der Waals surface area contributed by atoms with Crippen molar-refractivity contribution in [1.82, 2.24) is 15.5 Å². The molecule has 2 fully saturated rings. The number of nitrogens with zero attached hydrogens (tertiary/aromatic N) is 2. The highest BCUT2D eigenvalue weighted by molar-refractivity contribution is 5.80. The molecule has 0 spiro atoms. The van der Waals surface area contributed by atoms with E-state index in [9.17, 15) is 4.79 Å². The van der Waals surface area contributed by atoms with Crippen LogP contribution in [0.3, 0.4) is 0 Å². The lowest BCUT2D eigenvalue weighted by atomic mass is 9.95. The van der Waals surface area contributed by atoms with E-state index in [0.717, 1.165) is 19.3 Å². The molecule has 0 radical (unpaired) electrons. The van der Waals surface area contributed by atoms with Crippen LogP contribution >= 0.6 is 0 Å². The number of carbonyl (C=O) groups excluding carboxylic acids is 1. The second kappa shape index (κ2) is 3.04. The summed E-state index contributed by atoms with van der Waals surface area (Å²) in [5, 5.41) is 11.0. The minimum atomic E-state index is -0.270. The molecule has 1 saturated heterocycles. The maximum atomic E-state index is 11.1. The van der Waals surface area contributed by atoms with Crippen molar-refractivity contribution in [3.63, 3.8) is 0 Å². The Kier molecular flexibility index (Phi) is 1.85. The van der Waals surface area contributed by atoms with Crippen LogP contribution in [-0.4, -0.2) is 28.2 Å². The molecule has 1 aromatic heterocycles. The third-order valence-corrected chi connectivity index (χ3v) is 3.62. The van der Waals surface area contributed by atoms with Crippen molar-refractivity contribution in [3.8, 4) is 0 Å². The molecule has 2 aliphatic rings. The average Bonchev–Trinajstić information content (AvgIpc) is 2.58. The van der Waals surface area contributed by atoms with Crippen molar-refractivity contribution in [2.75, 3.05) is 0 Å². The SMILES string of the molecule is Cc1nnc(CC23CC(C(N)=O)NC2C3)o1. The first-order valence-corrected chi connectivity index (χ1v) is 5.43. The van der Waals surface area contributed by atoms with E-state index in [0.29, 0.717) is 17.8 Å². The van der Waals surface area contributed by atoms with Crippen LogP contribution in [0.1, 0.15) is 24.6 Å². The van der Waals surface area contributed by atoms with Gasteiger partial charge in [-0.15, -0.1) is 10.2 Å². The van der Waals surface area contributed by atoms with Gasteiger partial charge in [0.1, 0.15) is 0 Å². The second-order valence-corrected chi connectivity index (χ2v) is 4.84. The normalized spacial score (nSPS) is 36.1. The standard InChI is InChI=1S/C10H14N4O2/c1-5-13-14-8(16-5)4-10-2-6(9(11)15)12-7(10)3-10/h6-7,12H,2-4H2,1H3,(H2,11,15). The summed E-state index contributed by atoms with van der Waals surface area (Å²) in [6, 6.07) is 0.194. The molecular weight excluding hydrogens is 208 g/mol. The van der Waals surface area contributed by atoms with Gasteiger partial charge in [-0.1, -0.05) is 0 Å². The Morgan fingerprint density at radius 3 is 3.00 bits per heavy atom. The van der Waals surface area contributed by atoms with Crippen LogP contribution in [0.4, 0.5) is 0 Å². The highest BCUT2D eigenvalue weighted by atomic mass is 16.4. The molecule has 0 bridgehead atoms. The summed E-state index contributed by atoms with van der Waals surface area (Å²) < 4.78 is 5.37. The molecule has 2 heterocycles. The summed E-state index contributed by atoms with van der Waals surface area (Å²) >= 11 is 0. The summed E-state index contributed by atoms with van der Waals surface area (Å²) in [5.41, 5.74) is 5.41. The summed E-state index contributed by atoms with van der Waals surface area (Å²) in [7, 11) is 0. The topological polar surface area (TPSA) is 94.0 Å². The van der Waals surface area contributed by atoms with Crippen molar-refractivity contribution in [1.29, 1.82) is 0 Å². The molecule has 3 unspecified atom stereocenters. The van der Waals surface area contributed by atoms with Gasteiger partial charge in [-0.25, -0.2) is 0 Å². The van der Waals surface area contributed by atoms with Crippen LogP contribution in [0.5, 0.6) is 0 Å². The van der Waals surface area contributed by atoms with Gasteiger partial charge in [0.25, 0.3) is 0 Å². The lowest BCUT2D eigenvalue weighted by Gasteiger charge is -2.11. The molecule has 0 aromatic carbocycles. The van der Waals surface area contributed by atoms with Crippen LogP contribution in [0, 0.1) is 12.3 Å². The van der Waals surface area contributed by atoms with Crippen LogP contribution in [0.25, 0.3) is 0 Å². The molecule has 1 aliphatic heterocycles. The molecule has 16 heavy (non-hydrogen) atoms. The van der Waals surface area contributed by atoms with E-state index >= 15 is 0 Å². The Morgan fingerprint density at radius 1 is 1.62 bits per heavy atom. The first-order valence-electron chi connectivity index (χ1n) is 5.43. The number of nitrogens with one attached hydrogen (secondary N) is 1. The summed E-state index contributed by atoms with van der Waals surface area (Å²) in [5.74, 6) is 0.973. The van der Waals surface area contributed by atoms with Gasteiger partial charge < -0.3 is 15.5 Å². The Morgan fingerprint density at radius 2 is 2.44 bits per heavy atom. The van der Waals surface area contributed by atoms with E-state index in [2.05, 4.69) is 15.5 Å². The number of amides is 1. The second-order valence-electron chi connectivity index (χ2n) is 4.84. The van der Waals surface area contributed by atoms with Crippen LogP contribution in [-0.2, 0) is 11.2 Å². The fourth-order valence-corrected chi connectivity index (χ4v) is 2.68. The van der Waals surface area contributed by atoms with Gasteiger partial charge in [0.05, 0.1) is 6.04 Å². The predicted molar refractivity (Wildman–Crippen MR) is 54.3 cm³/mol. The summed E-state index contributed by atoms with van der Waals surface area (Å²) in [6.45, 7) is 1.78. The van der Waals surface area contributed by atoms with Crippen LogP contribution in [0.2, 0.25) is 0 Å². The Bertz CT molecular complexity index is 444. The van der Waals surface area contributed by atoms with Gasteiger partial charge in [0, 0.05) is 19.4 Å². The zero-order chi connectivity index (χ0) is 11.3. The van der Waals surface area contributed by atoms with Gasteiger partial charge in [0.2, 0.25) is 17.7 Å². The Hall–Kier alpha value is -1.43. The van der Waals surface area contributed by atoms with E-state index in [1.54, 1.807) is 6.92 Å². The molecule has 1 aliphatic carbocycles. The Balaban J connectivity index is 1.71. The number of rotatable bonds is 3. The van der Waals surface area contributed by atoms with Gasteiger partial charge in [-0.05, 0) is 18.3 Å². The maximum Gasteiger partial charge on any atom is 0.234 e. The van der Waals surface area contributed by atoms with E-state index in [1.807, 2.05) is 0 Å². The summed E-state index contributed by atoms with van der Waals surface area (Å²) in [6.07, 6.45) is 2.60. The molecule has 6 nitrogen and oxygen atoms in total. The smallest absolute Gasteiger partial charge is 0.234 e. The molecule has 1 aromatic rings. The van der Waals surface area contributed by atoms with Gasteiger partial charge >= 0.3 is 0 Å². The first-order chi connectivity index (χ1) is 7.59. The highest BCUT2D eigenvalue weighted by Gasteiger charge is 2.61. The quantitative estimate of drug-likeness (QED) is 0.720. The van der Waals surface area contributed by atoms with E-state index in [1.165, 1.54) is 0 Å². The third kappa shape index (κ3) is 1.41. The number of nitrogens with two attached hydrogens (primary N) is 1. The number of piperidine rings is 1. The van der Waals surface area contributed by atoms with Gasteiger partial charge in [-0.2, -0.15) is 0 Å². The van der Waals surface area contributed by atoms with Crippen molar-refractivity contribution >= 4 is 5.91 Å². The van der Waals surface area contributed by atoms with E-state index in [4.69, 9.17) is 10.2 Å². The molecular formula is C10H14N4O2. The summed E-state index contributed by atoms with van der Waals surface area (Å²) in [4.78, 5) is 11.1.